The van der Waals surface area contributed by atoms with Crippen molar-refractivity contribution in [3.8, 4) is 0 Å². The number of nitrogens with zero attached hydrogens (tertiary/aromatic N) is 1. The Balaban J connectivity index is 2.13. The number of ether oxygens (including phenoxy) is 1. The van der Waals surface area contributed by atoms with Gasteiger partial charge in [0.15, 0.2) is 0 Å². The molecule has 0 spiro atoms. The Hall–Kier alpha value is -2.56. The van der Waals surface area contributed by atoms with Crippen molar-refractivity contribution < 1.29 is 9.53 Å². The highest BCUT2D eigenvalue weighted by Crippen LogP contribution is 2.19. The van der Waals surface area contributed by atoms with E-state index in [1.807, 2.05) is 26.0 Å². The van der Waals surface area contributed by atoms with E-state index in [-0.39, 0.29) is 5.97 Å². The number of anilines is 3. The molecule has 21 heavy (non-hydrogen) atoms. The van der Waals surface area contributed by atoms with Gasteiger partial charge in [-0.25, -0.2) is 9.78 Å². The maximum Gasteiger partial charge on any atom is 0.338 e. The summed E-state index contributed by atoms with van der Waals surface area (Å²) < 4.78 is 5.12. The van der Waals surface area contributed by atoms with E-state index in [1.54, 1.807) is 24.4 Å². The van der Waals surface area contributed by atoms with Crippen molar-refractivity contribution >= 4 is 23.2 Å². The summed E-state index contributed by atoms with van der Waals surface area (Å²) in [6.45, 7) is 4.30. The predicted molar refractivity (Wildman–Crippen MR) is 83.7 cm³/mol. The standard InChI is InChI=1S/C16H19N3O2/c1-3-7-21-16(20)12-5-4-6-13(9-12)19-15-8-11(2)14(17)10-18-15/h4-6,8-10H,3,7,17H2,1-2H3,(H,18,19). The first-order valence-corrected chi connectivity index (χ1v) is 6.86. The van der Waals surface area contributed by atoms with Crippen molar-refractivity contribution in [1.82, 2.24) is 4.98 Å². The number of carbonyl (C=O) groups excluding carboxylic acids is 1. The zero-order chi connectivity index (χ0) is 15.2. The minimum absolute atomic E-state index is 0.318. The number of nitrogens with one attached hydrogen (secondary N) is 1. The molecule has 0 saturated carbocycles. The Labute approximate surface area is 124 Å². The maximum absolute atomic E-state index is 11.8. The molecule has 0 radical (unpaired) electrons. The number of aryl methyl sites for hydroxylation is 1. The van der Waals surface area contributed by atoms with Crippen LogP contribution < -0.4 is 11.1 Å². The molecule has 5 heteroatoms. The van der Waals surface area contributed by atoms with Gasteiger partial charge in [-0.2, -0.15) is 0 Å². The van der Waals surface area contributed by atoms with Gasteiger partial charge in [-0.05, 0) is 43.2 Å². The summed E-state index contributed by atoms with van der Waals surface area (Å²) in [4.78, 5) is 16.0. The second-order valence-corrected chi connectivity index (χ2v) is 4.77. The van der Waals surface area contributed by atoms with Crippen LogP contribution in [0.1, 0.15) is 29.3 Å². The molecule has 0 aliphatic carbocycles. The van der Waals surface area contributed by atoms with E-state index in [0.29, 0.717) is 23.7 Å². The average molecular weight is 285 g/mol. The summed E-state index contributed by atoms with van der Waals surface area (Å²) in [7, 11) is 0. The van der Waals surface area contributed by atoms with Gasteiger partial charge in [0, 0.05) is 5.69 Å². The smallest absolute Gasteiger partial charge is 0.338 e. The van der Waals surface area contributed by atoms with Gasteiger partial charge < -0.3 is 15.8 Å². The summed E-state index contributed by atoms with van der Waals surface area (Å²) >= 11 is 0. The number of benzene rings is 1. The summed E-state index contributed by atoms with van der Waals surface area (Å²) in [6.07, 6.45) is 2.41. The highest BCUT2D eigenvalue weighted by atomic mass is 16.5. The lowest BCUT2D eigenvalue weighted by atomic mass is 10.2. The zero-order valence-electron chi connectivity index (χ0n) is 12.2. The van der Waals surface area contributed by atoms with Gasteiger partial charge in [0.05, 0.1) is 24.1 Å². The Morgan fingerprint density at radius 2 is 2.19 bits per heavy atom. The topological polar surface area (TPSA) is 77.2 Å². The number of pyridine rings is 1. The normalized spacial score (nSPS) is 10.2. The largest absolute Gasteiger partial charge is 0.462 e. The number of hydrogen-bond donors (Lipinski definition) is 2. The highest BCUT2D eigenvalue weighted by molar-refractivity contribution is 5.90. The second kappa shape index (κ2) is 6.74. The van der Waals surface area contributed by atoms with Crippen LogP contribution in [-0.2, 0) is 4.74 Å². The Morgan fingerprint density at radius 1 is 1.38 bits per heavy atom. The van der Waals surface area contributed by atoms with E-state index in [0.717, 1.165) is 17.7 Å². The molecule has 1 aromatic heterocycles. The number of nitrogen functional groups attached to an aromatic ring is 1. The monoisotopic (exact) mass is 285 g/mol. The fraction of sp³-hybridized carbons (Fsp3) is 0.250. The van der Waals surface area contributed by atoms with Gasteiger partial charge in [-0.1, -0.05) is 13.0 Å². The molecule has 1 heterocycles. The second-order valence-electron chi connectivity index (χ2n) is 4.77. The number of hydrogen-bond acceptors (Lipinski definition) is 5. The number of carbonyl (C=O) groups is 1. The Morgan fingerprint density at radius 3 is 2.90 bits per heavy atom. The predicted octanol–water partition coefficient (Wildman–Crippen LogP) is 3.28. The molecule has 2 aromatic rings. The van der Waals surface area contributed by atoms with Gasteiger partial charge >= 0.3 is 5.97 Å². The number of rotatable bonds is 5. The van der Waals surface area contributed by atoms with Gasteiger partial charge in [-0.3, -0.25) is 0 Å². The summed E-state index contributed by atoms with van der Waals surface area (Å²) in [5.41, 5.74) is 8.63. The van der Waals surface area contributed by atoms with Gasteiger partial charge in [0.1, 0.15) is 5.82 Å². The highest BCUT2D eigenvalue weighted by Gasteiger charge is 2.07. The first kappa shape index (κ1) is 14.8. The van der Waals surface area contributed by atoms with E-state index < -0.39 is 0 Å². The molecule has 0 saturated heterocycles. The molecule has 0 aliphatic heterocycles. The number of esters is 1. The molecule has 0 unspecified atom stereocenters. The lowest BCUT2D eigenvalue weighted by Gasteiger charge is -2.09. The van der Waals surface area contributed by atoms with Gasteiger partial charge in [-0.15, -0.1) is 0 Å². The van der Waals surface area contributed by atoms with E-state index in [2.05, 4.69) is 10.3 Å². The molecule has 110 valence electrons. The van der Waals surface area contributed by atoms with Crippen LogP contribution in [0.2, 0.25) is 0 Å². The zero-order valence-corrected chi connectivity index (χ0v) is 12.2. The third kappa shape index (κ3) is 3.95. The SMILES string of the molecule is CCCOC(=O)c1cccc(Nc2cc(C)c(N)cn2)c1. The first-order valence-electron chi connectivity index (χ1n) is 6.86. The van der Waals surface area contributed by atoms with Gasteiger partial charge in [0.2, 0.25) is 0 Å². The lowest BCUT2D eigenvalue weighted by Crippen LogP contribution is -2.06. The number of aromatic nitrogens is 1. The van der Waals surface area contributed by atoms with Crippen LogP contribution in [0.15, 0.2) is 36.5 Å². The molecule has 2 rings (SSSR count). The van der Waals surface area contributed by atoms with Crippen LogP contribution in [0.25, 0.3) is 0 Å². The molecule has 0 bridgehead atoms. The molecule has 3 N–H and O–H groups in total. The lowest BCUT2D eigenvalue weighted by molar-refractivity contribution is 0.0505. The van der Waals surface area contributed by atoms with Crippen molar-refractivity contribution in [3.05, 3.63) is 47.7 Å². The molecule has 5 nitrogen and oxygen atoms in total. The molecule has 0 atom stereocenters. The van der Waals surface area contributed by atoms with Crippen LogP contribution >= 0.6 is 0 Å². The molecular weight excluding hydrogens is 266 g/mol. The van der Waals surface area contributed by atoms with E-state index in [4.69, 9.17) is 10.5 Å². The molecule has 0 fully saturated rings. The minimum atomic E-state index is -0.318. The summed E-state index contributed by atoms with van der Waals surface area (Å²) in [5, 5.41) is 3.15. The van der Waals surface area contributed by atoms with Crippen LogP contribution in [-0.4, -0.2) is 17.6 Å². The fourth-order valence-corrected chi connectivity index (χ4v) is 1.78. The van der Waals surface area contributed by atoms with Crippen LogP contribution in [0, 0.1) is 6.92 Å². The quantitative estimate of drug-likeness (QED) is 0.824. The summed E-state index contributed by atoms with van der Waals surface area (Å²) in [6, 6.07) is 8.99. The van der Waals surface area contributed by atoms with E-state index in [1.165, 1.54) is 0 Å². The molecule has 0 aliphatic rings. The van der Waals surface area contributed by atoms with Crippen molar-refractivity contribution in [3.63, 3.8) is 0 Å². The minimum Gasteiger partial charge on any atom is -0.462 e. The Bertz CT molecular complexity index is 641. The number of nitrogens with two attached hydrogens (primary N) is 1. The van der Waals surface area contributed by atoms with E-state index in [9.17, 15) is 4.79 Å². The Kier molecular flexibility index (Phi) is 4.77. The van der Waals surface area contributed by atoms with Crippen molar-refractivity contribution in [1.29, 1.82) is 0 Å². The van der Waals surface area contributed by atoms with Crippen LogP contribution in [0.3, 0.4) is 0 Å². The van der Waals surface area contributed by atoms with Gasteiger partial charge in [0.25, 0.3) is 0 Å². The van der Waals surface area contributed by atoms with Crippen molar-refractivity contribution in [2.45, 2.75) is 20.3 Å². The third-order valence-electron chi connectivity index (χ3n) is 2.96. The van der Waals surface area contributed by atoms with Crippen LogP contribution in [0.4, 0.5) is 17.2 Å². The van der Waals surface area contributed by atoms with Crippen LogP contribution in [0.5, 0.6) is 0 Å². The summed E-state index contributed by atoms with van der Waals surface area (Å²) in [5.74, 6) is 0.364. The average Bonchev–Trinajstić information content (AvgIpc) is 2.49. The van der Waals surface area contributed by atoms with Crippen molar-refractivity contribution in [2.24, 2.45) is 0 Å². The van der Waals surface area contributed by atoms with E-state index >= 15 is 0 Å². The molecular formula is C16H19N3O2. The maximum atomic E-state index is 11.8. The molecule has 0 amide bonds. The molecule has 1 aromatic carbocycles. The first-order chi connectivity index (χ1) is 10.1. The third-order valence-corrected chi connectivity index (χ3v) is 2.96. The fourth-order valence-electron chi connectivity index (χ4n) is 1.78. The van der Waals surface area contributed by atoms with Crippen molar-refractivity contribution in [2.75, 3.05) is 17.7 Å².